The molecule has 2 fully saturated rings. The highest BCUT2D eigenvalue weighted by Gasteiger charge is 2.54. The summed E-state index contributed by atoms with van der Waals surface area (Å²) >= 11 is 0. The van der Waals surface area contributed by atoms with E-state index >= 15 is 0 Å². The molecule has 1 aliphatic heterocycles. The molecule has 1 aromatic rings. The van der Waals surface area contributed by atoms with Crippen LogP contribution in [0.2, 0.25) is 0 Å². The Morgan fingerprint density at radius 3 is 2.67 bits per heavy atom. The molecule has 5 heteroatoms. The summed E-state index contributed by atoms with van der Waals surface area (Å²) in [4.78, 5) is 26.2. The van der Waals surface area contributed by atoms with Gasteiger partial charge < -0.3 is 5.32 Å². The highest BCUT2D eigenvalue weighted by atomic mass is 19.1. The summed E-state index contributed by atoms with van der Waals surface area (Å²) in [6.45, 7) is 2.22. The van der Waals surface area contributed by atoms with E-state index in [1.807, 2.05) is 6.92 Å². The number of amides is 3. The van der Waals surface area contributed by atoms with Crippen molar-refractivity contribution in [3.05, 3.63) is 35.6 Å². The third kappa shape index (κ3) is 2.30. The van der Waals surface area contributed by atoms with E-state index in [0.29, 0.717) is 6.42 Å². The lowest BCUT2D eigenvalue weighted by atomic mass is 9.73. The quantitative estimate of drug-likeness (QED) is 0.851. The zero-order valence-electron chi connectivity index (χ0n) is 12.1. The summed E-state index contributed by atoms with van der Waals surface area (Å²) in [5.74, 6) is -0.307. The molecular formula is C16H19FN2O2. The van der Waals surface area contributed by atoms with Crippen LogP contribution >= 0.6 is 0 Å². The molecule has 1 aromatic carbocycles. The van der Waals surface area contributed by atoms with E-state index in [-0.39, 0.29) is 30.2 Å². The third-order valence-electron chi connectivity index (χ3n) is 4.76. The Bertz CT molecular complexity index is 572. The Kier molecular flexibility index (Phi) is 3.43. The van der Waals surface area contributed by atoms with Crippen LogP contribution in [0.1, 0.15) is 38.2 Å². The topological polar surface area (TPSA) is 49.4 Å². The van der Waals surface area contributed by atoms with Gasteiger partial charge in [-0.25, -0.2) is 9.18 Å². The number of carbonyl (C=O) groups is 2. The second-order valence-corrected chi connectivity index (χ2v) is 6.07. The lowest BCUT2D eigenvalue weighted by molar-refractivity contribution is -0.134. The highest BCUT2D eigenvalue weighted by molar-refractivity contribution is 6.07. The molecule has 3 rings (SSSR count). The van der Waals surface area contributed by atoms with Crippen molar-refractivity contribution in [3.63, 3.8) is 0 Å². The monoisotopic (exact) mass is 290 g/mol. The predicted molar refractivity (Wildman–Crippen MR) is 75.8 cm³/mol. The lowest BCUT2D eigenvalue weighted by Crippen LogP contribution is -2.53. The average molecular weight is 290 g/mol. The van der Waals surface area contributed by atoms with Gasteiger partial charge >= 0.3 is 6.03 Å². The minimum Gasteiger partial charge on any atom is -0.323 e. The molecular weight excluding hydrogens is 271 g/mol. The van der Waals surface area contributed by atoms with E-state index in [1.165, 1.54) is 17.0 Å². The van der Waals surface area contributed by atoms with Crippen LogP contribution in [-0.4, -0.2) is 22.4 Å². The van der Waals surface area contributed by atoms with Gasteiger partial charge in [0.1, 0.15) is 11.4 Å². The van der Waals surface area contributed by atoms with E-state index in [2.05, 4.69) is 5.32 Å². The number of benzene rings is 1. The van der Waals surface area contributed by atoms with Gasteiger partial charge in [-0.15, -0.1) is 0 Å². The van der Waals surface area contributed by atoms with Gasteiger partial charge in [0.2, 0.25) is 0 Å². The van der Waals surface area contributed by atoms with Crippen LogP contribution in [0.15, 0.2) is 24.3 Å². The number of rotatable bonds is 2. The van der Waals surface area contributed by atoms with Gasteiger partial charge in [-0.3, -0.25) is 9.69 Å². The van der Waals surface area contributed by atoms with Gasteiger partial charge in [-0.2, -0.15) is 0 Å². The molecule has 112 valence electrons. The van der Waals surface area contributed by atoms with Crippen molar-refractivity contribution in [2.24, 2.45) is 5.92 Å². The summed E-state index contributed by atoms with van der Waals surface area (Å²) in [7, 11) is 0. The summed E-state index contributed by atoms with van der Waals surface area (Å²) in [5, 5.41) is 2.91. The number of nitrogens with one attached hydrogen (secondary N) is 1. The van der Waals surface area contributed by atoms with E-state index in [9.17, 15) is 14.0 Å². The first-order valence-corrected chi connectivity index (χ1v) is 7.41. The largest absolute Gasteiger partial charge is 0.325 e. The Labute approximate surface area is 123 Å². The Morgan fingerprint density at radius 2 is 2.00 bits per heavy atom. The first kappa shape index (κ1) is 14.0. The Morgan fingerprint density at radius 1 is 1.29 bits per heavy atom. The van der Waals surface area contributed by atoms with Crippen LogP contribution in [0.5, 0.6) is 0 Å². The van der Waals surface area contributed by atoms with Crippen molar-refractivity contribution in [1.82, 2.24) is 10.2 Å². The van der Waals surface area contributed by atoms with Crippen LogP contribution in [0, 0.1) is 11.7 Å². The first-order valence-electron chi connectivity index (χ1n) is 7.41. The van der Waals surface area contributed by atoms with Gasteiger partial charge in [-0.1, -0.05) is 31.9 Å². The van der Waals surface area contributed by atoms with Crippen LogP contribution < -0.4 is 5.32 Å². The van der Waals surface area contributed by atoms with Gasteiger partial charge in [0, 0.05) is 0 Å². The molecule has 0 unspecified atom stereocenters. The highest BCUT2D eigenvalue weighted by Crippen LogP contribution is 2.38. The van der Waals surface area contributed by atoms with Crippen LogP contribution in [0.4, 0.5) is 9.18 Å². The molecule has 2 aliphatic rings. The van der Waals surface area contributed by atoms with E-state index < -0.39 is 5.54 Å². The SMILES string of the molecule is C[C@@H]1CCCC[C@]12NC(=O)N(Cc1ccc(F)cc1)C2=O. The molecule has 0 bridgehead atoms. The molecule has 1 spiro atoms. The molecule has 0 aromatic heterocycles. The molecule has 1 saturated carbocycles. The molecule has 1 heterocycles. The molecule has 1 saturated heterocycles. The number of imide groups is 1. The zero-order chi connectivity index (χ0) is 15.0. The fourth-order valence-corrected chi connectivity index (χ4v) is 3.41. The fourth-order valence-electron chi connectivity index (χ4n) is 3.41. The normalized spacial score (nSPS) is 29.0. The molecule has 1 aliphatic carbocycles. The van der Waals surface area contributed by atoms with Crippen molar-refractivity contribution < 1.29 is 14.0 Å². The van der Waals surface area contributed by atoms with Gasteiger partial charge in [0.05, 0.1) is 6.54 Å². The molecule has 0 radical (unpaired) electrons. The predicted octanol–water partition coefficient (Wildman–Crippen LogP) is 2.83. The standard InChI is InChI=1S/C16H19FN2O2/c1-11-4-2-3-9-16(11)14(20)19(15(21)18-16)10-12-5-7-13(17)8-6-12/h5-8,11H,2-4,9-10H2,1H3,(H,18,21)/t11-,16+/m1/s1. The second-order valence-electron chi connectivity index (χ2n) is 6.07. The minimum absolute atomic E-state index is 0.135. The average Bonchev–Trinajstić information content (AvgIpc) is 2.70. The van der Waals surface area contributed by atoms with Crippen molar-refractivity contribution in [1.29, 1.82) is 0 Å². The number of nitrogens with zero attached hydrogens (tertiary/aromatic N) is 1. The molecule has 4 nitrogen and oxygen atoms in total. The fraction of sp³-hybridized carbons (Fsp3) is 0.500. The van der Waals surface area contributed by atoms with E-state index in [1.54, 1.807) is 12.1 Å². The van der Waals surface area contributed by atoms with Crippen LogP contribution in [-0.2, 0) is 11.3 Å². The van der Waals surface area contributed by atoms with Gasteiger partial charge in [0.15, 0.2) is 0 Å². The van der Waals surface area contributed by atoms with Crippen molar-refractivity contribution in [2.45, 2.75) is 44.7 Å². The number of hydrogen-bond acceptors (Lipinski definition) is 2. The van der Waals surface area contributed by atoms with Crippen molar-refractivity contribution >= 4 is 11.9 Å². The second kappa shape index (κ2) is 5.13. The third-order valence-corrected chi connectivity index (χ3v) is 4.76. The smallest absolute Gasteiger partial charge is 0.323 e. The first-order chi connectivity index (χ1) is 10.0. The van der Waals surface area contributed by atoms with Crippen molar-refractivity contribution in [2.75, 3.05) is 0 Å². The maximum absolute atomic E-state index is 12.9. The Balaban J connectivity index is 1.82. The Hall–Kier alpha value is -1.91. The van der Waals surface area contributed by atoms with E-state index in [0.717, 1.165) is 24.8 Å². The summed E-state index contributed by atoms with van der Waals surface area (Å²) < 4.78 is 12.9. The van der Waals surface area contributed by atoms with Gasteiger partial charge in [0.25, 0.3) is 5.91 Å². The number of urea groups is 1. The number of carbonyl (C=O) groups excluding carboxylic acids is 2. The lowest BCUT2D eigenvalue weighted by Gasteiger charge is -2.36. The molecule has 1 N–H and O–H groups in total. The summed E-state index contributed by atoms with van der Waals surface area (Å²) in [6, 6.07) is 5.55. The summed E-state index contributed by atoms with van der Waals surface area (Å²) in [6.07, 6.45) is 3.72. The summed E-state index contributed by atoms with van der Waals surface area (Å²) in [5.41, 5.74) is 0.0236. The van der Waals surface area contributed by atoms with Crippen molar-refractivity contribution in [3.8, 4) is 0 Å². The maximum atomic E-state index is 12.9. The van der Waals surface area contributed by atoms with E-state index in [4.69, 9.17) is 0 Å². The van der Waals surface area contributed by atoms with Gasteiger partial charge in [-0.05, 0) is 36.5 Å². The number of halogens is 1. The minimum atomic E-state index is -0.727. The van der Waals surface area contributed by atoms with Crippen LogP contribution in [0.25, 0.3) is 0 Å². The molecule has 2 atom stereocenters. The zero-order valence-corrected chi connectivity index (χ0v) is 12.1. The van der Waals surface area contributed by atoms with Crippen LogP contribution in [0.3, 0.4) is 0 Å². The molecule has 3 amide bonds. The maximum Gasteiger partial charge on any atom is 0.325 e. The number of hydrogen-bond donors (Lipinski definition) is 1. The molecule has 21 heavy (non-hydrogen) atoms.